The third-order valence-corrected chi connectivity index (χ3v) is 2.37. The predicted molar refractivity (Wildman–Crippen MR) is 55.2 cm³/mol. The van der Waals surface area contributed by atoms with Gasteiger partial charge >= 0.3 is 6.09 Å². The normalized spacial score (nSPS) is 25.7. The quantitative estimate of drug-likeness (QED) is 0.715. The lowest BCUT2D eigenvalue weighted by atomic mass is 9.82. The van der Waals surface area contributed by atoms with Crippen molar-refractivity contribution in [3.8, 4) is 0 Å². The zero-order chi connectivity index (χ0) is 10.6. The Bertz CT molecular complexity index is 189. The fourth-order valence-electron chi connectivity index (χ4n) is 1.65. The summed E-state index contributed by atoms with van der Waals surface area (Å²) in [5.41, 5.74) is 0. The lowest BCUT2D eigenvalue weighted by Crippen LogP contribution is -2.41. The zero-order valence-electron chi connectivity index (χ0n) is 9.17. The molecule has 1 aliphatic rings. The van der Waals surface area contributed by atoms with Crippen LogP contribution in [0.5, 0.6) is 0 Å². The van der Waals surface area contributed by atoms with Gasteiger partial charge in [0, 0.05) is 6.04 Å². The molecular formula is C10H20N2O2. The van der Waals surface area contributed by atoms with Crippen molar-refractivity contribution in [3.63, 3.8) is 0 Å². The summed E-state index contributed by atoms with van der Waals surface area (Å²) < 4.78 is 5.20. The molecule has 0 aromatic carbocycles. The molecule has 0 atom stereocenters. The summed E-state index contributed by atoms with van der Waals surface area (Å²) in [6, 6.07) is 0.149. The molecule has 1 aliphatic carbocycles. The van der Waals surface area contributed by atoms with Gasteiger partial charge in [0.1, 0.15) is 6.10 Å². The van der Waals surface area contributed by atoms with E-state index < -0.39 is 0 Å². The fraction of sp³-hybridized carbons (Fsp3) is 0.900. The molecule has 0 aromatic heterocycles. The van der Waals surface area contributed by atoms with Gasteiger partial charge in [-0.05, 0) is 46.2 Å². The van der Waals surface area contributed by atoms with E-state index in [1.165, 1.54) is 0 Å². The SMILES string of the molecule is CNCC1CC(OC(=O)NC(C)C)C1. The van der Waals surface area contributed by atoms with Crippen LogP contribution in [0.1, 0.15) is 26.7 Å². The zero-order valence-corrected chi connectivity index (χ0v) is 9.17. The van der Waals surface area contributed by atoms with E-state index in [9.17, 15) is 4.79 Å². The molecule has 0 aromatic rings. The van der Waals surface area contributed by atoms with Gasteiger partial charge in [-0.2, -0.15) is 0 Å². The molecule has 1 rings (SSSR count). The molecule has 4 heteroatoms. The number of rotatable bonds is 4. The summed E-state index contributed by atoms with van der Waals surface area (Å²) in [5, 5.41) is 5.83. The summed E-state index contributed by atoms with van der Waals surface area (Å²) >= 11 is 0. The average molecular weight is 200 g/mol. The predicted octanol–water partition coefficient (Wildman–Crippen LogP) is 1.12. The van der Waals surface area contributed by atoms with E-state index in [1.54, 1.807) is 0 Å². The Kier molecular flexibility index (Phi) is 4.20. The molecule has 2 N–H and O–H groups in total. The van der Waals surface area contributed by atoms with Gasteiger partial charge in [-0.15, -0.1) is 0 Å². The molecule has 14 heavy (non-hydrogen) atoms. The third-order valence-electron chi connectivity index (χ3n) is 2.37. The van der Waals surface area contributed by atoms with E-state index in [4.69, 9.17) is 4.74 Å². The topological polar surface area (TPSA) is 50.4 Å². The molecule has 0 spiro atoms. The molecule has 0 radical (unpaired) electrons. The second kappa shape index (κ2) is 5.20. The van der Waals surface area contributed by atoms with Crippen molar-refractivity contribution in [1.29, 1.82) is 0 Å². The molecule has 0 bridgehead atoms. The third kappa shape index (κ3) is 3.54. The summed E-state index contributed by atoms with van der Waals surface area (Å²) in [7, 11) is 1.94. The van der Waals surface area contributed by atoms with Gasteiger partial charge in [0.15, 0.2) is 0 Å². The number of ether oxygens (including phenoxy) is 1. The van der Waals surface area contributed by atoms with Gasteiger partial charge in [-0.25, -0.2) is 4.79 Å². The van der Waals surface area contributed by atoms with E-state index >= 15 is 0 Å². The van der Waals surface area contributed by atoms with Gasteiger partial charge in [-0.3, -0.25) is 0 Å². The van der Waals surface area contributed by atoms with Crippen LogP contribution in [0.15, 0.2) is 0 Å². The summed E-state index contributed by atoms with van der Waals surface area (Å²) in [6.45, 7) is 4.86. The maximum atomic E-state index is 11.2. The van der Waals surface area contributed by atoms with Crippen LogP contribution in [0.3, 0.4) is 0 Å². The van der Waals surface area contributed by atoms with Gasteiger partial charge < -0.3 is 15.4 Å². The van der Waals surface area contributed by atoms with Crippen molar-refractivity contribution in [2.45, 2.75) is 38.8 Å². The monoisotopic (exact) mass is 200 g/mol. The first kappa shape index (κ1) is 11.3. The van der Waals surface area contributed by atoms with E-state index in [0.717, 1.165) is 19.4 Å². The second-order valence-electron chi connectivity index (χ2n) is 4.22. The first-order valence-corrected chi connectivity index (χ1v) is 5.23. The highest BCUT2D eigenvalue weighted by Gasteiger charge is 2.31. The average Bonchev–Trinajstić information content (AvgIpc) is 1.99. The Balaban J connectivity index is 2.07. The summed E-state index contributed by atoms with van der Waals surface area (Å²) in [6.07, 6.45) is 1.83. The Labute approximate surface area is 85.4 Å². The number of hydrogen-bond acceptors (Lipinski definition) is 3. The molecule has 1 fully saturated rings. The number of hydrogen-bond donors (Lipinski definition) is 2. The van der Waals surface area contributed by atoms with Crippen LogP contribution in [0.4, 0.5) is 4.79 Å². The van der Waals surface area contributed by atoms with Gasteiger partial charge in [0.05, 0.1) is 0 Å². The number of amides is 1. The molecule has 1 saturated carbocycles. The van der Waals surface area contributed by atoms with Crippen LogP contribution in [0.2, 0.25) is 0 Å². The van der Waals surface area contributed by atoms with Crippen LogP contribution < -0.4 is 10.6 Å². The smallest absolute Gasteiger partial charge is 0.407 e. The number of nitrogens with one attached hydrogen (secondary N) is 2. The minimum atomic E-state index is -0.284. The van der Waals surface area contributed by atoms with Gasteiger partial charge in [0.2, 0.25) is 0 Å². The largest absolute Gasteiger partial charge is 0.446 e. The molecule has 82 valence electrons. The Morgan fingerprint density at radius 2 is 2.14 bits per heavy atom. The molecule has 1 amide bonds. The number of alkyl carbamates (subject to hydrolysis) is 1. The van der Waals surface area contributed by atoms with Crippen molar-refractivity contribution in [2.24, 2.45) is 5.92 Å². The molecule has 0 saturated heterocycles. The van der Waals surface area contributed by atoms with Crippen LogP contribution >= 0.6 is 0 Å². The highest BCUT2D eigenvalue weighted by atomic mass is 16.6. The number of carbonyl (C=O) groups is 1. The van der Waals surface area contributed by atoms with E-state index in [-0.39, 0.29) is 18.2 Å². The van der Waals surface area contributed by atoms with Crippen molar-refractivity contribution in [1.82, 2.24) is 10.6 Å². The molecule has 0 aliphatic heterocycles. The van der Waals surface area contributed by atoms with Crippen LogP contribution in [-0.2, 0) is 4.74 Å². The molecule has 4 nitrogen and oxygen atoms in total. The Hall–Kier alpha value is -0.770. The minimum absolute atomic E-state index is 0.132. The van der Waals surface area contributed by atoms with E-state index in [1.807, 2.05) is 20.9 Å². The lowest BCUT2D eigenvalue weighted by molar-refractivity contribution is 0.0173. The van der Waals surface area contributed by atoms with Crippen molar-refractivity contribution in [2.75, 3.05) is 13.6 Å². The van der Waals surface area contributed by atoms with Gasteiger partial charge in [-0.1, -0.05) is 0 Å². The number of carbonyl (C=O) groups excluding carboxylic acids is 1. The summed E-state index contributed by atoms with van der Waals surface area (Å²) in [5.74, 6) is 0.678. The lowest BCUT2D eigenvalue weighted by Gasteiger charge is -2.34. The first-order chi connectivity index (χ1) is 6.61. The molecular weight excluding hydrogens is 180 g/mol. The summed E-state index contributed by atoms with van der Waals surface area (Å²) in [4.78, 5) is 11.2. The molecule has 0 heterocycles. The van der Waals surface area contributed by atoms with Crippen LogP contribution in [0, 0.1) is 5.92 Å². The standard InChI is InChI=1S/C10H20N2O2/c1-7(2)12-10(13)14-9-4-8(5-9)6-11-3/h7-9,11H,4-6H2,1-3H3,(H,12,13). The maximum absolute atomic E-state index is 11.2. The highest BCUT2D eigenvalue weighted by molar-refractivity contribution is 5.67. The molecule has 0 unspecified atom stereocenters. The van der Waals surface area contributed by atoms with Gasteiger partial charge in [0.25, 0.3) is 0 Å². The van der Waals surface area contributed by atoms with Crippen LogP contribution in [-0.4, -0.2) is 31.8 Å². The minimum Gasteiger partial charge on any atom is -0.446 e. The second-order valence-corrected chi connectivity index (χ2v) is 4.22. The van der Waals surface area contributed by atoms with E-state index in [0.29, 0.717) is 5.92 Å². The highest BCUT2D eigenvalue weighted by Crippen LogP contribution is 2.29. The Morgan fingerprint density at radius 3 is 2.64 bits per heavy atom. The van der Waals surface area contributed by atoms with Crippen molar-refractivity contribution in [3.05, 3.63) is 0 Å². The van der Waals surface area contributed by atoms with Crippen LogP contribution in [0.25, 0.3) is 0 Å². The van der Waals surface area contributed by atoms with Crippen molar-refractivity contribution >= 4 is 6.09 Å². The maximum Gasteiger partial charge on any atom is 0.407 e. The van der Waals surface area contributed by atoms with E-state index in [2.05, 4.69) is 10.6 Å². The first-order valence-electron chi connectivity index (χ1n) is 5.23. The van der Waals surface area contributed by atoms with Crippen molar-refractivity contribution < 1.29 is 9.53 Å². The Morgan fingerprint density at radius 1 is 1.50 bits per heavy atom. The fourth-order valence-corrected chi connectivity index (χ4v) is 1.65.